The summed E-state index contributed by atoms with van der Waals surface area (Å²) in [6, 6.07) is 11.7. The number of carbonyl (C=O) groups excluding carboxylic acids is 2. The molecule has 1 aliphatic rings. The van der Waals surface area contributed by atoms with Crippen LogP contribution in [0.3, 0.4) is 0 Å². The number of aryl methyl sites for hydroxylation is 1. The molecular weight excluding hydrogens is 390 g/mol. The van der Waals surface area contributed by atoms with Gasteiger partial charge in [-0.05, 0) is 37.3 Å². The minimum Gasteiger partial charge on any atom is -0.348 e. The van der Waals surface area contributed by atoms with Crippen LogP contribution in [-0.2, 0) is 4.79 Å². The fourth-order valence-electron chi connectivity index (χ4n) is 3.79. The number of pyridine rings is 2. The topological polar surface area (TPSA) is 69.6 Å². The van der Waals surface area contributed by atoms with Crippen molar-refractivity contribution in [3.8, 4) is 11.3 Å². The molecule has 0 N–H and O–H groups in total. The van der Waals surface area contributed by atoms with Crippen LogP contribution < -0.4 is 0 Å². The molecule has 2 aromatic heterocycles. The summed E-state index contributed by atoms with van der Waals surface area (Å²) in [5.41, 5.74) is 4.16. The van der Waals surface area contributed by atoms with Gasteiger partial charge >= 0.3 is 0 Å². The number of aromatic nitrogens is 2. The maximum Gasteiger partial charge on any atom is 0.254 e. The average molecular weight is 418 g/mol. The fourth-order valence-corrected chi connectivity index (χ4v) is 3.79. The largest absolute Gasteiger partial charge is 0.348 e. The van der Waals surface area contributed by atoms with Crippen LogP contribution >= 0.6 is 0 Å². The van der Waals surface area contributed by atoms with E-state index in [1.807, 2.05) is 48.2 Å². The lowest BCUT2D eigenvalue weighted by molar-refractivity contribution is -0.130. The van der Waals surface area contributed by atoms with Crippen molar-refractivity contribution in [3.05, 3.63) is 59.9 Å². The van der Waals surface area contributed by atoms with E-state index in [-0.39, 0.29) is 11.8 Å². The highest BCUT2D eigenvalue weighted by Gasteiger charge is 2.25. The predicted octanol–water partition coefficient (Wildman–Crippen LogP) is 2.45. The molecule has 31 heavy (non-hydrogen) atoms. The van der Waals surface area contributed by atoms with E-state index in [1.54, 1.807) is 31.4 Å². The highest BCUT2D eigenvalue weighted by molar-refractivity contribution is 6.07. The van der Waals surface area contributed by atoms with Crippen molar-refractivity contribution in [2.24, 2.45) is 0 Å². The zero-order valence-corrected chi connectivity index (χ0v) is 18.2. The highest BCUT2D eigenvalue weighted by atomic mass is 16.2. The van der Waals surface area contributed by atoms with Crippen molar-refractivity contribution >= 4 is 22.7 Å². The Labute approximate surface area is 182 Å². The molecule has 0 bridgehead atoms. The van der Waals surface area contributed by atoms with Crippen LogP contribution in [0.5, 0.6) is 0 Å². The van der Waals surface area contributed by atoms with Crippen molar-refractivity contribution in [2.75, 3.05) is 46.8 Å². The Kier molecular flexibility index (Phi) is 5.95. The molecule has 4 rings (SSSR count). The third-order valence-electron chi connectivity index (χ3n) is 5.67. The Morgan fingerprint density at radius 2 is 1.84 bits per heavy atom. The number of nitrogens with zero attached hydrogens (tertiary/aromatic N) is 5. The van der Waals surface area contributed by atoms with Crippen molar-refractivity contribution in [1.82, 2.24) is 24.7 Å². The van der Waals surface area contributed by atoms with E-state index in [4.69, 9.17) is 4.98 Å². The van der Waals surface area contributed by atoms with Crippen molar-refractivity contribution in [2.45, 2.75) is 6.92 Å². The summed E-state index contributed by atoms with van der Waals surface area (Å²) >= 11 is 0. The molecule has 3 heterocycles. The number of amides is 2. The lowest BCUT2D eigenvalue weighted by Gasteiger charge is -2.35. The van der Waals surface area contributed by atoms with Gasteiger partial charge in [-0.25, -0.2) is 4.98 Å². The third kappa shape index (κ3) is 4.56. The van der Waals surface area contributed by atoms with Crippen LogP contribution in [0.25, 0.3) is 22.2 Å². The monoisotopic (exact) mass is 417 g/mol. The van der Waals surface area contributed by atoms with Gasteiger partial charge in [0.05, 0.1) is 23.3 Å². The molecule has 0 radical (unpaired) electrons. The van der Waals surface area contributed by atoms with E-state index >= 15 is 0 Å². The van der Waals surface area contributed by atoms with E-state index in [2.05, 4.69) is 9.88 Å². The van der Waals surface area contributed by atoms with Crippen LogP contribution in [0.2, 0.25) is 0 Å². The van der Waals surface area contributed by atoms with Gasteiger partial charge in [0.1, 0.15) is 0 Å². The summed E-state index contributed by atoms with van der Waals surface area (Å²) in [6.07, 6.45) is 3.48. The predicted molar refractivity (Wildman–Crippen MR) is 121 cm³/mol. The summed E-state index contributed by atoms with van der Waals surface area (Å²) in [5, 5.41) is 0.864. The summed E-state index contributed by atoms with van der Waals surface area (Å²) in [6.45, 7) is 4.96. The number of rotatable bonds is 4. The van der Waals surface area contributed by atoms with Gasteiger partial charge in [0.2, 0.25) is 5.91 Å². The molecule has 1 saturated heterocycles. The zero-order chi connectivity index (χ0) is 22.0. The lowest BCUT2D eigenvalue weighted by Crippen LogP contribution is -2.51. The Hall–Kier alpha value is -3.32. The molecule has 0 saturated carbocycles. The molecule has 160 valence electrons. The first-order valence-corrected chi connectivity index (χ1v) is 10.5. The molecule has 0 spiro atoms. The van der Waals surface area contributed by atoms with Gasteiger partial charge in [-0.1, -0.05) is 11.6 Å². The van der Waals surface area contributed by atoms with Gasteiger partial charge in [-0.2, -0.15) is 0 Å². The van der Waals surface area contributed by atoms with Crippen LogP contribution in [0.1, 0.15) is 15.9 Å². The van der Waals surface area contributed by atoms with Gasteiger partial charge in [-0.15, -0.1) is 0 Å². The van der Waals surface area contributed by atoms with E-state index in [0.717, 1.165) is 27.7 Å². The molecule has 1 aromatic carbocycles. The fraction of sp³-hybridized carbons (Fsp3) is 0.333. The van der Waals surface area contributed by atoms with Crippen LogP contribution in [0, 0.1) is 6.92 Å². The average Bonchev–Trinajstić information content (AvgIpc) is 2.79. The first-order valence-electron chi connectivity index (χ1n) is 10.5. The summed E-state index contributed by atoms with van der Waals surface area (Å²) in [5.74, 6) is 0.0817. The van der Waals surface area contributed by atoms with Crippen molar-refractivity contribution < 1.29 is 9.59 Å². The number of benzene rings is 1. The molecule has 7 heteroatoms. The number of hydrogen-bond donors (Lipinski definition) is 0. The smallest absolute Gasteiger partial charge is 0.254 e. The molecular formula is C24H27N5O2. The molecule has 0 unspecified atom stereocenters. The Morgan fingerprint density at radius 3 is 2.52 bits per heavy atom. The molecule has 0 aliphatic carbocycles. The standard InChI is InChI=1S/C24H27N5O2/c1-17-6-7-21-19(13-17)20(14-22(26-21)18-5-4-8-25-15-18)24(31)29-11-9-28(10-12-29)16-23(30)27(2)3/h4-8,13-15H,9-12,16H2,1-3H3. The van der Waals surface area contributed by atoms with Gasteiger partial charge in [0.25, 0.3) is 5.91 Å². The maximum absolute atomic E-state index is 13.5. The second-order valence-electron chi connectivity index (χ2n) is 8.17. The lowest BCUT2D eigenvalue weighted by atomic mass is 10.0. The van der Waals surface area contributed by atoms with Crippen molar-refractivity contribution in [3.63, 3.8) is 0 Å². The van der Waals surface area contributed by atoms with E-state index in [9.17, 15) is 9.59 Å². The molecule has 2 amide bonds. The van der Waals surface area contributed by atoms with Crippen LogP contribution in [0.4, 0.5) is 0 Å². The quantitative estimate of drug-likeness (QED) is 0.652. The van der Waals surface area contributed by atoms with Crippen LogP contribution in [-0.4, -0.2) is 83.3 Å². The normalized spacial score (nSPS) is 14.6. The minimum atomic E-state index is 0.00160. The summed E-state index contributed by atoms with van der Waals surface area (Å²) in [7, 11) is 3.52. The molecule has 1 fully saturated rings. The Bertz CT molecular complexity index is 1110. The molecule has 7 nitrogen and oxygen atoms in total. The molecule has 0 atom stereocenters. The first-order chi connectivity index (χ1) is 14.9. The third-order valence-corrected chi connectivity index (χ3v) is 5.67. The molecule has 1 aliphatic heterocycles. The number of fused-ring (bicyclic) bond motifs is 1. The van der Waals surface area contributed by atoms with Gasteiger partial charge in [0.15, 0.2) is 0 Å². The van der Waals surface area contributed by atoms with E-state index in [1.165, 1.54) is 0 Å². The number of hydrogen-bond acceptors (Lipinski definition) is 5. The second kappa shape index (κ2) is 8.81. The van der Waals surface area contributed by atoms with Crippen LogP contribution in [0.15, 0.2) is 48.8 Å². The maximum atomic E-state index is 13.5. The number of carbonyl (C=O) groups is 2. The summed E-state index contributed by atoms with van der Waals surface area (Å²) < 4.78 is 0. The van der Waals surface area contributed by atoms with E-state index < -0.39 is 0 Å². The van der Waals surface area contributed by atoms with Gasteiger partial charge in [-0.3, -0.25) is 19.5 Å². The summed E-state index contributed by atoms with van der Waals surface area (Å²) in [4.78, 5) is 40.1. The number of piperazine rings is 1. The zero-order valence-electron chi connectivity index (χ0n) is 18.2. The SMILES string of the molecule is Cc1ccc2nc(-c3cccnc3)cc(C(=O)N3CCN(CC(=O)N(C)C)CC3)c2c1. The van der Waals surface area contributed by atoms with Gasteiger partial charge in [0, 0.05) is 63.6 Å². The van der Waals surface area contributed by atoms with E-state index in [0.29, 0.717) is 38.3 Å². The van der Waals surface area contributed by atoms with Crippen molar-refractivity contribution in [1.29, 1.82) is 0 Å². The highest BCUT2D eigenvalue weighted by Crippen LogP contribution is 2.26. The number of likely N-dealkylation sites (N-methyl/N-ethyl adjacent to an activating group) is 1. The Balaban J connectivity index is 1.62. The second-order valence-corrected chi connectivity index (χ2v) is 8.17. The first kappa shape index (κ1) is 20.9. The Morgan fingerprint density at radius 1 is 1.06 bits per heavy atom. The minimum absolute atomic E-state index is 0.00160. The molecule has 3 aromatic rings. The van der Waals surface area contributed by atoms with Gasteiger partial charge < -0.3 is 9.80 Å².